The lowest BCUT2D eigenvalue weighted by Gasteiger charge is -2.05. The van der Waals surface area contributed by atoms with Crippen LogP contribution in [-0.2, 0) is 0 Å². The molecule has 3 aromatic rings. The third-order valence-electron chi connectivity index (χ3n) is 3.08. The van der Waals surface area contributed by atoms with E-state index in [1.807, 2.05) is 18.2 Å². The van der Waals surface area contributed by atoms with Gasteiger partial charge in [-0.1, -0.05) is 11.6 Å². The standard InChI is InChI=1S/C14H9ClN2O3/c1-20-10-3-2-8-4-11-12(15)5-9(17(18)19)6-14(11)16-13(8)7-10/h2-7H,1H3. The zero-order valence-corrected chi connectivity index (χ0v) is 11.2. The lowest BCUT2D eigenvalue weighted by Crippen LogP contribution is -1.91. The molecule has 0 amide bonds. The molecule has 6 heteroatoms. The summed E-state index contributed by atoms with van der Waals surface area (Å²) in [6, 6.07) is 10.1. The van der Waals surface area contributed by atoms with Crippen molar-refractivity contribution in [2.24, 2.45) is 0 Å². The minimum atomic E-state index is -0.483. The van der Waals surface area contributed by atoms with Gasteiger partial charge in [0, 0.05) is 29.0 Å². The van der Waals surface area contributed by atoms with Gasteiger partial charge in [0.25, 0.3) is 5.69 Å². The van der Waals surface area contributed by atoms with Gasteiger partial charge < -0.3 is 4.74 Å². The second kappa shape index (κ2) is 4.61. The van der Waals surface area contributed by atoms with Gasteiger partial charge in [0.15, 0.2) is 0 Å². The Balaban J connectivity index is 2.35. The zero-order chi connectivity index (χ0) is 14.3. The van der Waals surface area contributed by atoms with Crippen molar-refractivity contribution in [2.75, 3.05) is 7.11 Å². The third kappa shape index (κ3) is 2.02. The molecule has 0 radical (unpaired) electrons. The summed E-state index contributed by atoms with van der Waals surface area (Å²) in [4.78, 5) is 14.8. The molecule has 0 aliphatic rings. The molecule has 0 atom stereocenters. The number of rotatable bonds is 2. The van der Waals surface area contributed by atoms with Gasteiger partial charge in [-0.25, -0.2) is 4.98 Å². The number of pyridine rings is 1. The third-order valence-corrected chi connectivity index (χ3v) is 3.39. The predicted octanol–water partition coefficient (Wildman–Crippen LogP) is 3.96. The fraction of sp³-hybridized carbons (Fsp3) is 0.0714. The molecular formula is C14H9ClN2O3. The number of ether oxygens (including phenoxy) is 1. The molecule has 1 heterocycles. The number of nitro benzene ring substituents is 1. The minimum absolute atomic E-state index is 0.0720. The highest BCUT2D eigenvalue weighted by Crippen LogP contribution is 2.31. The summed E-state index contributed by atoms with van der Waals surface area (Å²) in [5.41, 5.74) is 1.12. The lowest BCUT2D eigenvalue weighted by atomic mass is 10.1. The van der Waals surface area contributed by atoms with E-state index in [9.17, 15) is 10.1 Å². The number of hydrogen-bond acceptors (Lipinski definition) is 4. The fourth-order valence-corrected chi connectivity index (χ4v) is 2.35. The van der Waals surface area contributed by atoms with E-state index >= 15 is 0 Å². The fourth-order valence-electron chi connectivity index (χ4n) is 2.08. The first-order valence-corrected chi connectivity index (χ1v) is 6.19. The summed E-state index contributed by atoms with van der Waals surface area (Å²) in [5.74, 6) is 0.681. The van der Waals surface area contributed by atoms with Gasteiger partial charge in [-0.05, 0) is 18.2 Å². The van der Waals surface area contributed by atoms with Crippen LogP contribution in [0.25, 0.3) is 21.8 Å². The molecule has 0 bridgehead atoms. The maximum Gasteiger partial charge on any atom is 0.273 e. The molecule has 2 aromatic carbocycles. The van der Waals surface area contributed by atoms with Crippen molar-refractivity contribution in [2.45, 2.75) is 0 Å². The minimum Gasteiger partial charge on any atom is -0.497 e. The largest absolute Gasteiger partial charge is 0.497 e. The summed E-state index contributed by atoms with van der Waals surface area (Å²) in [6.45, 7) is 0. The number of fused-ring (bicyclic) bond motifs is 2. The first-order valence-electron chi connectivity index (χ1n) is 5.81. The zero-order valence-electron chi connectivity index (χ0n) is 10.5. The Kier molecular flexibility index (Phi) is 2.91. The molecule has 0 saturated carbocycles. The topological polar surface area (TPSA) is 65.3 Å². The Morgan fingerprint density at radius 2 is 2.00 bits per heavy atom. The predicted molar refractivity (Wildman–Crippen MR) is 77.5 cm³/mol. The molecule has 0 unspecified atom stereocenters. The molecule has 0 saturated heterocycles. The Hall–Kier alpha value is -2.40. The highest BCUT2D eigenvalue weighted by Gasteiger charge is 2.12. The Labute approximate surface area is 118 Å². The van der Waals surface area contributed by atoms with Gasteiger partial charge in [-0.2, -0.15) is 0 Å². The van der Waals surface area contributed by atoms with Crippen molar-refractivity contribution in [1.82, 2.24) is 4.98 Å². The van der Waals surface area contributed by atoms with Gasteiger partial charge in [0.1, 0.15) is 5.75 Å². The van der Waals surface area contributed by atoms with Crippen molar-refractivity contribution >= 4 is 39.1 Å². The lowest BCUT2D eigenvalue weighted by molar-refractivity contribution is -0.384. The van der Waals surface area contributed by atoms with E-state index in [0.29, 0.717) is 27.2 Å². The van der Waals surface area contributed by atoms with E-state index in [1.165, 1.54) is 12.1 Å². The second-order valence-electron chi connectivity index (χ2n) is 4.30. The summed E-state index contributed by atoms with van der Waals surface area (Å²) in [5, 5.41) is 12.8. The van der Waals surface area contributed by atoms with Crippen LogP contribution in [0.4, 0.5) is 5.69 Å². The van der Waals surface area contributed by atoms with Crippen LogP contribution in [0.15, 0.2) is 36.4 Å². The van der Waals surface area contributed by atoms with Crippen molar-refractivity contribution in [3.63, 3.8) is 0 Å². The maximum atomic E-state index is 10.9. The molecule has 5 nitrogen and oxygen atoms in total. The second-order valence-corrected chi connectivity index (χ2v) is 4.71. The van der Waals surface area contributed by atoms with Crippen molar-refractivity contribution in [3.8, 4) is 5.75 Å². The molecule has 0 N–H and O–H groups in total. The average molecular weight is 289 g/mol. The highest BCUT2D eigenvalue weighted by molar-refractivity contribution is 6.36. The number of non-ortho nitro benzene ring substituents is 1. The van der Waals surface area contributed by atoms with E-state index in [4.69, 9.17) is 16.3 Å². The van der Waals surface area contributed by atoms with E-state index in [2.05, 4.69) is 4.98 Å². The normalized spacial score (nSPS) is 10.9. The number of methoxy groups -OCH3 is 1. The van der Waals surface area contributed by atoms with Crippen LogP contribution in [0.2, 0.25) is 5.02 Å². The average Bonchev–Trinajstić information content (AvgIpc) is 2.44. The number of halogens is 1. The van der Waals surface area contributed by atoms with Gasteiger partial charge in [0.2, 0.25) is 0 Å². The Morgan fingerprint density at radius 3 is 2.70 bits per heavy atom. The smallest absolute Gasteiger partial charge is 0.273 e. The number of benzene rings is 2. The van der Waals surface area contributed by atoms with Crippen LogP contribution < -0.4 is 4.74 Å². The molecular weight excluding hydrogens is 280 g/mol. The molecule has 1 aromatic heterocycles. The van der Waals surface area contributed by atoms with E-state index in [-0.39, 0.29) is 5.69 Å². The molecule has 20 heavy (non-hydrogen) atoms. The monoisotopic (exact) mass is 288 g/mol. The number of hydrogen-bond donors (Lipinski definition) is 0. The van der Waals surface area contributed by atoms with Gasteiger partial charge >= 0.3 is 0 Å². The van der Waals surface area contributed by atoms with Gasteiger partial charge in [-0.15, -0.1) is 0 Å². The van der Waals surface area contributed by atoms with Crippen LogP contribution in [0.3, 0.4) is 0 Å². The van der Waals surface area contributed by atoms with E-state index < -0.39 is 4.92 Å². The summed E-state index contributed by atoms with van der Waals surface area (Å²) in [7, 11) is 1.57. The molecule has 0 spiro atoms. The molecule has 0 aliphatic carbocycles. The molecule has 3 rings (SSSR count). The van der Waals surface area contributed by atoms with Crippen LogP contribution in [-0.4, -0.2) is 17.0 Å². The van der Waals surface area contributed by atoms with Crippen LogP contribution >= 0.6 is 11.6 Å². The first kappa shape index (κ1) is 12.6. The summed E-state index contributed by atoms with van der Waals surface area (Å²) in [6.07, 6.45) is 0. The quantitative estimate of drug-likeness (QED) is 0.407. The summed E-state index contributed by atoms with van der Waals surface area (Å²) >= 11 is 6.10. The Bertz CT molecular complexity index is 849. The highest BCUT2D eigenvalue weighted by atomic mass is 35.5. The van der Waals surface area contributed by atoms with Gasteiger partial charge in [0.05, 0.1) is 28.1 Å². The Morgan fingerprint density at radius 1 is 1.20 bits per heavy atom. The number of nitro groups is 1. The van der Waals surface area contributed by atoms with E-state index in [0.717, 1.165) is 5.39 Å². The van der Waals surface area contributed by atoms with Crippen LogP contribution in [0.1, 0.15) is 0 Å². The van der Waals surface area contributed by atoms with Crippen molar-refractivity contribution in [3.05, 3.63) is 51.5 Å². The summed E-state index contributed by atoms with van der Waals surface area (Å²) < 4.78 is 5.15. The maximum absolute atomic E-state index is 10.9. The van der Waals surface area contributed by atoms with Crippen LogP contribution in [0, 0.1) is 10.1 Å². The molecule has 100 valence electrons. The van der Waals surface area contributed by atoms with E-state index in [1.54, 1.807) is 13.2 Å². The SMILES string of the molecule is COc1ccc2cc3c(Cl)cc([N+](=O)[O-])cc3nc2c1. The van der Waals surface area contributed by atoms with Gasteiger partial charge in [-0.3, -0.25) is 10.1 Å². The first-order chi connectivity index (χ1) is 9.58. The number of nitrogens with zero attached hydrogens (tertiary/aromatic N) is 2. The number of aromatic nitrogens is 1. The molecule has 0 fully saturated rings. The molecule has 0 aliphatic heterocycles. The van der Waals surface area contributed by atoms with Crippen molar-refractivity contribution in [1.29, 1.82) is 0 Å². The van der Waals surface area contributed by atoms with Crippen LogP contribution in [0.5, 0.6) is 5.75 Å². The van der Waals surface area contributed by atoms with Crippen molar-refractivity contribution < 1.29 is 9.66 Å².